The van der Waals surface area contributed by atoms with E-state index < -0.39 is 0 Å². The topological polar surface area (TPSA) is 3.24 Å². The lowest BCUT2D eigenvalue weighted by molar-refractivity contribution is 0.314. The van der Waals surface area contributed by atoms with Crippen LogP contribution in [0, 0.1) is 0 Å². The van der Waals surface area contributed by atoms with Crippen LogP contribution in [0.4, 0.5) is 0 Å². The van der Waals surface area contributed by atoms with E-state index in [-0.39, 0.29) is 0 Å². The lowest BCUT2D eigenvalue weighted by Crippen LogP contribution is -2.22. The second-order valence-corrected chi connectivity index (χ2v) is 3.13. The van der Waals surface area contributed by atoms with Crippen molar-refractivity contribution in [1.29, 1.82) is 0 Å². The molecular formula is C7H13N. The van der Waals surface area contributed by atoms with Gasteiger partial charge in [-0.1, -0.05) is 0 Å². The van der Waals surface area contributed by atoms with Gasteiger partial charge in [0.1, 0.15) is 0 Å². The minimum absolute atomic E-state index is 0.972. The molecule has 46 valence electrons. The zero-order chi connectivity index (χ0) is 5.56. The first-order valence-electron chi connectivity index (χ1n) is 3.60. The summed E-state index contributed by atoms with van der Waals surface area (Å²) in [6, 6.07) is 1.94. The molecule has 0 saturated carbocycles. The lowest BCUT2D eigenvalue weighted by atomic mass is 10.0. The molecule has 2 fully saturated rings. The summed E-state index contributed by atoms with van der Waals surface area (Å²) in [5.74, 6) is 0. The predicted molar refractivity (Wildman–Crippen MR) is 33.8 cm³/mol. The second kappa shape index (κ2) is 1.47. The van der Waals surface area contributed by atoms with E-state index in [2.05, 4.69) is 11.9 Å². The first-order valence-corrected chi connectivity index (χ1v) is 3.60. The third-order valence-corrected chi connectivity index (χ3v) is 2.82. The van der Waals surface area contributed by atoms with Crippen molar-refractivity contribution in [2.75, 3.05) is 7.05 Å². The molecule has 0 amide bonds. The van der Waals surface area contributed by atoms with Crippen molar-refractivity contribution in [3.8, 4) is 0 Å². The molecule has 1 heteroatoms. The average Bonchev–Trinajstić information content (AvgIpc) is 2.29. The van der Waals surface area contributed by atoms with E-state index in [4.69, 9.17) is 0 Å². The van der Waals surface area contributed by atoms with Gasteiger partial charge < -0.3 is 4.90 Å². The number of nitrogens with zero attached hydrogens (tertiary/aromatic N) is 1. The third-order valence-electron chi connectivity index (χ3n) is 2.82. The first kappa shape index (κ1) is 4.80. The predicted octanol–water partition coefficient (Wildman–Crippen LogP) is 1.24. The zero-order valence-corrected chi connectivity index (χ0v) is 5.43. The van der Waals surface area contributed by atoms with Crippen molar-refractivity contribution >= 4 is 0 Å². The zero-order valence-electron chi connectivity index (χ0n) is 5.43. The van der Waals surface area contributed by atoms with Gasteiger partial charge in [0.15, 0.2) is 0 Å². The van der Waals surface area contributed by atoms with Crippen LogP contribution < -0.4 is 0 Å². The molecule has 2 rings (SSSR count). The van der Waals surface area contributed by atoms with Crippen molar-refractivity contribution in [3.63, 3.8) is 0 Å². The number of rotatable bonds is 0. The summed E-state index contributed by atoms with van der Waals surface area (Å²) in [5.41, 5.74) is 0. The standard InChI is InChI=1S/C7H13N/c1-8-6-2-3-7(8)5-4-6/h6-7H,2-5H2,1H3. The molecule has 2 saturated heterocycles. The highest BCUT2D eigenvalue weighted by Crippen LogP contribution is 2.35. The summed E-state index contributed by atoms with van der Waals surface area (Å²) in [4.78, 5) is 2.56. The largest absolute Gasteiger partial charge is 0.300 e. The molecule has 2 aliphatic heterocycles. The highest BCUT2D eigenvalue weighted by atomic mass is 15.2. The molecule has 0 unspecified atom stereocenters. The summed E-state index contributed by atoms with van der Waals surface area (Å²) >= 11 is 0. The quantitative estimate of drug-likeness (QED) is 0.454. The number of fused-ring (bicyclic) bond motifs is 2. The average molecular weight is 111 g/mol. The molecule has 0 atom stereocenters. The Kier molecular flexibility index (Phi) is 0.884. The van der Waals surface area contributed by atoms with Crippen LogP contribution in [0.5, 0.6) is 0 Å². The Balaban J connectivity index is 2.16. The van der Waals surface area contributed by atoms with Gasteiger partial charge in [-0.05, 0) is 32.7 Å². The van der Waals surface area contributed by atoms with Crippen molar-refractivity contribution in [3.05, 3.63) is 0 Å². The molecule has 0 spiro atoms. The van der Waals surface area contributed by atoms with E-state index in [0.29, 0.717) is 0 Å². The molecule has 0 radical (unpaired) electrons. The number of hydrogen-bond donors (Lipinski definition) is 0. The summed E-state index contributed by atoms with van der Waals surface area (Å²) < 4.78 is 0. The van der Waals surface area contributed by atoms with Gasteiger partial charge in [0.05, 0.1) is 0 Å². The highest BCUT2D eigenvalue weighted by Gasteiger charge is 2.35. The Morgan fingerprint density at radius 1 is 1.00 bits per heavy atom. The van der Waals surface area contributed by atoms with Crippen LogP contribution in [0.25, 0.3) is 0 Å². The highest BCUT2D eigenvalue weighted by molar-refractivity contribution is 4.92. The molecule has 0 aromatic carbocycles. The summed E-state index contributed by atoms with van der Waals surface area (Å²) in [6.45, 7) is 0. The first-order chi connectivity index (χ1) is 3.88. The normalized spacial score (nSPS) is 46.1. The fraction of sp³-hybridized carbons (Fsp3) is 1.00. The van der Waals surface area contributed by atoms with Crippen LogP contribution >= 0.6 is 0 Å². The van der Waals surface area contributed by atoms with E-state index in [1.165, 1.54) is 25.7 Å². The molecule has 2 aliphatic rings. The van der Waals surface area contributed by atoms with Gasteiger partial charge in [-0.2, -0.15) is 0 Å². The molecular weight excluding hydrogens is 98.1 g/mol. The fourth-order valence-corrected chi connectivity index (χ4v) is 2.17. The van der Waals surface area contributed by atoms with Gasteiger partial charge in [-0.25, -0.2) is 0 Å². The van der Waals surface area contributed by atoms with Crippen LogP contribution in [0.2, 0.25) is 0 Å². The van der Waals surface area contributed by atoms with Crippen LogP contribution in [-0.4, -0.2) is 24.0 Å². The second-order valence-electron chi connectivity index (χ2n) is 3.13. The minimum atomic E-state index is 0.972. The Hall–Kier alpha value is -0.0400. The van der Waals surface area contributed by atoms with E-state index in [9.17, 15) is 0 Å². The lowest BCUT2D eigenvalue weighted by Gasteiger charge is -2.12. The van der Waals surface area contributed by atoms with Crippen LogP contribution in [0.15, 0.2) is 0 Å². The smallest absolute Gasteiger partial charge is 0.00963 e. The molecule has 0 aromatic rings. The maximum absolute atomic E-state index is 2.56. The van der Waals surface area contributed by atoms with E-state index in [1.807, 2.05) is 0 Å². The van der Waals surface area contributed by atoms with Gasteiger partial charge in [-0.15, -0.1) is 0 Å². The van der Waals surface area contributed by atoms with Gasteiger partial charge >= 0.3 is 0 Å². The molecule has 2 bridgehead atoms. The van der Waals surface area contributed by atoms with Gasteiger partial charge in [0, 0.05) is 12.1 Å². The molecule has 0 N–H and O–H groups in total. The van der Waals surface area contributed by atoms with Gasteiger partial charge in [0.2, 0.25) is 0 Å². The van der Waals surface area contributed by atoms with Crippen molar-refractivity contribution in [1.82, 2.24) is 4.90 Å². The summed E-state index contributed by atoms with van der Waals surface area (Å²) in [7, 11) is 2.27. The molecule has 1 nitrogen and oxygen atoms in total. The number of hydrogen-bond acceptors (Lipinski definition) is 1. The molecule has 8 heavy (non-hydrogen) atoms. The molecule has 0 aromatic heterocycles. The van der Waals surface area contributed by atoms with Crippen LogP contribution in [0.3, 0.4) is 0 Å². The fourth-order valence-electron chi connectivity index (χ4n) is 2.17. The monoisotopic (exact) mass is 111 g/mol. The van der Waals surface area contributed by atoms with Crippen molar-refractivity contribution in [2.24, 2.45) is 0 Å². The van der Waals surface area contributed by atoms with E-state index in [1.54, 1.807) is 0 Å². The van der Waals surface area contributed by atoms with Crippen molar-refractivity contribution in [2.45, 2.75) is 37.8 Å². The van der Waals surface area contributed by atoms with Crippen LogP contribution in [-0.2, 0) is 0 Å². The van der Waals surface area contributed by atoms with E-state index in [0.717, 1.165) is 12.1 Å². The Labute approximate surface area is 50.7 Å². The summed E-state index contributed by atoms with van der Waals surface area (Å²) in [5, 5.41) is 0. The van der Waals surface area contributed by atoms with E-state index >= 15 is 0 Å². The Morgan fingerprint density at radius 3 is 1.50 bits per heavy atom. The Bertz CT molecular complexity index is 80.6. The Morgan fingerprint density at radius 2 is 1.38 bits per heavy atom. The maximum atomic E-state index is 2.56. The SMILES string of the molecule is CN1C2CCC1CC2. The third kappa shape index (κ3) is 0.455. The summed E-state index contributed by atoms with van der Waals surface area (Å²) in [6.07, 6.45) is 5.89. The van der Waals surface area contributed by atoms with Gasteiger partial charge in [0.25, 0.3) is 0 Å². The molecule has 2 heterocycles. The van der Waals surface area contributed by atoms with Gasteiger partial charge in [-0.3, -0.25) is 0 Å². The van der Waals surface area contributed by atoms with Crippen LogP contribution in [0.1, 0.15) is 25.7 Å². The van der Waals surface area contributed by atoms with Crippen molar-refractivity contribution < 1.29 is 0 Å². The minimum Gasteiger partial charge on any atom is -0.300 e. The maximum Gasteiger partial charge on any atom is 0.00963 e. The molecule has 0 aliphatic carbocycles.